The number of unbranched alkanes of at least 4 members (excludes halogenated alkanes) is 3. The molecule has 0 heterocycles. The lowest BCUT2D eigenvalue weighted by Gasteiger charge is -2.18. The Labute approximate surface area is 158 Å². The van der Waals surface area contributed by atoms with Crippen LogP contribution in [0.5, 0.6) is 5.75 Å². The van der Waals surface area contributed by atoms with Crippen LogP contribution in [0.15, 0.2) is 79.9 Å². The van der Waals surface area contributed by atoms with E-state index in [9.17, 15) is 0 Å². The Balaban J connectivity index is 1.60. The molecule has 26 heavy (non-hydrogen) atoms. The third-order valence-corrected chi connectivity index (χ3v) is 4.37. The minimum Gasteiger partial charge on any atom is -0.494 e. The van der Waals surface area contributed by atoms with Crippen molar-refractivity contribution in [2.75, 3.05) is 26.2 Å². The van der Waals surface area contributed by atoms with Crippen molar-refractivity contribution in [3.05, 3.63) is 79.9 Å². The van der Waals surface area contributed by atoms with Crippen LogP contribution in [0.3, 0.4) is 0 Å². The molecule has 0 aliphatic carbocycles. The Hall–Kier alpha value is -2.32. The molecule has 0 N–H and O–H groups in total. The molecule has 0 bridgehead atoms. The molecule has 0 radical (unpaired) electrons. The highest BCUT2D eigenvalue weighted by Gasteiger charge is 2.01. The molecule has 2 nitrogen and oxygen atoms in total. The van der Waals surface area contributed by atoms with Gasteiger partial charge in [-0.1, -0.05) is 67.5 Å². The summed E-state index contributed by atoms with van der Waals surface area (Å²) in [5.74, 6) is 0.952. The van der Waals surface area contributed by atoms with Gasteiger partial charge in [0.05, 0.1) is 6.61 Å². The van der Waals surface area contributed by atoms with Crippen LogP contribution in [0.2, 0.25) is 0 Å². The van der Waals surface area contributed by atoms with Crippen LogP contribution in [0, 0.1) is 0 Å². The Morgan fingerprint density at radius 1 is 0.731 bits per heavy atom. The quantitative estimate of drug-likeness (QED) is 0.326. The molecule has 2 aromatic rings. The minimum atomic E-state index is 0.785. The molecule has 0 aliphatic rings. The van der Waals surface area contributed by atoms with Gasteiger partial charge in [-0.25, -0.2) is 0 Å². The minimum absolute atomic E-state index is 0.785. The van der Waals surface area contributed by atoms with Gasteiger partial charge < -0.3 is 4.74 Å². The second kappa shape index (κ2) is 12.1. The zero-order chi connectivity index (χ0) is 18.5. The fourth-order valence-electron chi connectivity index (χ4n) is 2.98. The number of nitrogens with zero attached hydrogens (tertiary/aromatic N) is 1. The number of hydrogen-bond donors (Lipinski definition) is 0. The van der Waals surface area contributed by atoms with E-state index in [1.807, 2.05) is 18.2 Å². The summed E-state index contributed by atoms with van der Waals surface area (Å²) in [5.41, 5.74) is 2.46. The molecule has 2 heteroatoms. The molecular formula is C24H31NO. The van der Waals surface area contributed by atoms with Gasteiger partial charge in [0, 0.05) is 13.1 Å². The Bertz CT molecular complexity index is 623. The van der Waals surface area contributed by atoms with Crippen LogP contribution in [0.4, 0.5) is 0 Å². The molecule has 138 valence electrons. The van der Waals surface area contributed by atoms with Gasteiger partial charge in [0.25, 0.3) is 0 Å². The van der Waals surface area contributed by atoms with E-state index >= 15 is 0 Å². The maximum absolute atomic E-state index is 5.86. The summed E-state index contributed by atoms with van der Waals surface area (Å²) in [6.07, 6.45) is 8.68. The predicted octanol–water partition coefficient (Wildman–Crippen LogP) is 5.97. The average molecular weight is 350 g/mol. The molecule has 2 aromatic carbocycles. The van der Waals surface area contributed by atoms with Crippen molar-refractivity contribution < 1.29 is 4.74 Å². The molecule has 0 fully saturated rings. The third kappa shape index (κ3) is 7.28. The van der Waals surface area contributed by atoms with Crippen LogP contribution in [0.1, 0.15) is 25.7 Å². The zero-order valence-corrected chi connectivity index (χ0v) is 15.8. The van der Waals surface area contributed by atoms with Crippen LogP contribution in [0.25, 0.3) is 11.1 Å². The second-order valence-corrected chi connectivity index (χ2v) is 6.49. The number of hydrogen-bond acceptors (Lipinski definition) is 2. The first-order chi connectivity index (χ1) is 12.8. The molecule has 0 amide bonds. The average Bonchev–Trinajstić information content (AvgIpc) is 2.69. The topological polar surface area (TPSA) is 12.5 Å². The van der Waals surface area contributed by atoms with Gasteiger partial charge in [-0.15, -0.1) is 13.2 Å². The molecule has 0 saturated heterocycles. The van der Waals surface area contributed by atoms with E-state index in [1.54, 1.807) is 0 Å². The highest BCUT2D eigenvalue weighted by molar-refractivity contribution is 5.63. The van der Waals surface area contributed by atoms with Gasteiger partial charge in [0.1, 0.15) is 5.75 Å². The van der Waals surface area contributed by atoms with Gasteiger partial charge in [-0.3, -0.25) is 4.90 Å². The van der Waals surface area contributed by atoms with Gasteiger partial charge in [0.15, 0.2) is 0 Å². The second-order valence-electron chi connectivity index (χ2n) is 6.49. The van der Waals surface area contributed by atoms with Gasteiger partial charge >= 0.3 is 0 Å². The number of ether oxygens (including phenoxy) is 1. The lowest BCUT2D eigenvalue weighted by molar-refractivity contribution is 0.296. The van der Waals surface area contributed by atoms with Crippen LogP contribution in [-0.2, 0) is 0 Å². The maximum atomic E-state index is 5.86. The lowest BCUT2D eigenvalue weighted by Crippen LogP contribution is -2.24. The molecule has 2 rings (SSSR count). The summed E-state index contributed by atoms with van der Waals surface area (Å²) in [6.45, 7) is 11.4. The fourth-order valence-corrected chi connectivity index (χ4v) is 2.98. The highest BCUT2D eigenvalue weighted by Crippen LogP contribution is 2.22. The molecule has 0 aliphatic heterocycles. The largest absolute Gasteiger partial charge is 0.494 e. The maximum Gasteiger partial charge on any atom is 0.119 e. The van der Waals surface area contributed by atoms with Crippen molar-refractivity contribution in [1.82, 2.24) is 4.90 Å². The summed E-state index contributed by atoms with van der Waals surface area (Å²) in [6, 6.07) is 18.8. The smallest absolute Gasteiger partial charge is 0.119 e. The molecular weight excluding hydrogens is 318 g/mol. The Kier molecular flexibility index (Phi) is 9.31. The summed E-state index contributed by atoms with van der Waals surface area (Å²) < 4.78 is 5.86. The number of rotatable bonds is 13. The lowest BCUT2D eigenvalue weighted by atomic mass is 10.1. The van der Waals surface area contributed by atoms with Crippen molar-refractivity contribution in [2.24, 2.45) is 0 Å². The molecule has 0 spiro atoms. The fraction of sp³-hybridized carbons (Fsp3) is 0.333. The van der Waals surface area contributed by atoms with E-state index in [2.05, 4.69) is 66.6 Å². The number of benzene rings is 2. The van der Waals surface area contributed by atoms with Gasteiger partial charge in [-0.2, -0.15) is 0 Å². The predicted molar refractivity (Wildman–Crippen MR) is 113 cm³/mol. The van der Waals surface area contributed by atoms with E-state index in [4.69, 9.17) is 4.74 Å². The Morgan fingerprint density at radius 2 is 1.35 bits per heavy atom. The first-order valence-electron chi connectivity index (χ1n) is 9.56. The third-order valence-electron chi connectivity index (χ3n) is 4.37. The first kappa shape index (κ1) is 20.0. The highest BCUT2D eigenvalue weighted by atomic mass is 16.5. The summed E-state index contributed by atoms with van der Waals surface area (Å²) in [4.78, 5) is 2.37. The van der Waals surface area contributed by atoms with Crippen LogP contribution in [-0.4, -0.2) is 31.1 Å². The van der Waals surface area contributed by atoms with Crippen molar-refractivity contribution in [1.29, 1.82) is 0 Å². The van der Waals surface area contributed by atoms with Crippen molar-refractivity contribution >= 4 is 0 Å². The molecule has 0 aromatic heterocycles. The normalized spacial score (nSPS) is 10.7. The van der Waals surface area contributed by atoms with E-state index in [1.165, 1.54) is 30.4 Å². The SMILES string of the molecule is C=CCN(CC=C)CCCCCCOc1ccc(-c2ccccc2)cc1. The van der Waals surface area contributed by atoms with Crippen LogP contribution < -0.4 is 4.74 Å². The summed E-state index contributed by atoms with van der Waals surface area (Å²) in [5, 5.41) is 0. The van der Waals surface area contributed by atoms with Crippen molar-refractivity contribution in [3.8, 4) is 16.9 Å². The van der Waals surface area contributed by atoms with Crippen molar-refractivity contribution in [2.45, 2.75) is 25.7 Å². The van der Waals surface area contributed by atoms with Gasteiger partial charge in [-0.05, 0) is 42.6 Å². The molecule has 0 atom stereocenters. The molecule has 0 unspecified atom stereocenters. The monoisotopic (exact) mass is 349 g/mol. The van der Waals surface area contributed by atoms with E-state index in [0.717, 1.165) is 38.4 Å². The summed E-state index contributed by atoms with van der Waals surface area (Å²) in [7, 11) is 0. The van der Waals surface area contributed by atoms with E-state index in [0.29, 0.717) is 0 Å². The zero-order valence-electron chi connectivity index (χ0n) is 15.8. The Morgan fingerprint density at radius 3 is 2.00 bits per heavy atom. The van der Waals surface area contributed by atoms with Crippen LogP contribution >= 0.6 is 0 Å². The summed E-state index contributed by atoms with van der Waals surface area (Å²) >= 11 is 0. The van der Waals surface area contributed by atoms with E-state index in [-0.39, 0.29) is 0 Å². The first-order valence-corrected chi connectivity index (χ1v) is 9.56. The van der Waals surface area contributed by atoms with Gasteiger partial charge in [0.2, 0.25) is 0 Å². The molecule has 0 saturated carbocycles. The van der Waals surface area contributed by atoms with Crippen molar-refractivity contribution in [3.63, 3.8) is 0 Å². The van der Waals surface area contributed by atoms with E-state index < -0.39 is 0 Å². The standard InChI is InChI=1S/C24H31NO/c1-3-18-25(19-4-2)20-10-5-6-11-21-26-24-16-14-23(15-17-24)22-12-8-7-9-13-22/h3-4,7-9,12-17H,1-2,5-6,10-11,18-21H2.